The van der Waals surface area contributed by atoms with Crippen LogP contribution in [-0.4, -0.2) is 60.2 Å². The van der Waals surface area contributed by atoms with Gasteiger partial charge in [-0.3, -0.25) is 4.79 Å². The smallest absolute Gasteiger partial charge is 0.322 e. The minimum Gasteiger partial charge on any atom is -0.497 e. The van der Waals surface area contributed by atoms with Gasteiger partial charge in [-0.2, -0.15) is 0 Å². The van der Waals surface area contributed by atoms with Crippen LogP contribution >= 0.6 is 0 Å². The summed E-state index contributed by atoms with van der Waals surface area (Å²) in [5.41, 5.74) is 1.60. The van der Waals surface area contributed by atoms with E-state index in [0.29, 0.717) is 36.8 Å². The van der Waals surface area contributed by atoms with Crippen molar-refractivity contribution in [2.75, 3.05) is 39.2 Å². The van der Waals surface area contributed by atoms with Gasteiger partial charge < -0.3 is 29.2 Å². The van der Waals surface area contributed by atoms with Gasteiger partial charge in [0.15, 0.2) is 0 Å². The third-order valence-electron chi connectivity index (χ3n) is 5.34. The Bertz CT molecular complexity index is 887. The molecule has 0 aliphatic heterocycles. The van der Waals surface area contributed by atoms with Crippen molar-refractivity contribution in [1.29, 1.82) is 0 Å². The molecule has 8 nitrogen and oxygen atoms in total. The van der Waals surface area contributed by atoms with Gasteiger partial charge in [0.25, 0.3) is 0 Å². The second-order valence-electron chi connectivity index (χ2n) is 8.59. The molecule has 182 valence electrons. The molecule has 2 aromatic rings. The molecular formula is C25H38N4O4. The molecule has 33 heavy (non-hydrogen) atoms. The number of carbonyl (C=O) groups excluding carboxylic acids is 2. The summed E-state index contributed by atoms with van der Waals surface area (Å²) >= 11 is 0. The lowest BCUT2D eigenvalue weighted by Crippen LogP contribution is -2.46. The molecule has 0 aliphatic rings. The van der Waals surface area contributed by atoms with E-state index in [4.69, 9.17) is 9.47 Å². The molecule has 0 aliphatic carbocycles. The van der Waals surface area contributed by atoms with Gasteiger partial charge in [0.05, 0.1) is 20.8 Å². The molecule has 1 N–H and O–H groups in total. The molecule has 0 saturated carbocycles. The maximum absolute atomic E-state index is 13.3. The lowest BCUT2D eigenvalue weighted by molar-refractivity contribution is -0.132. The van der Waals surface area contributed by atoms with Crippen LogP contribution in [0.2, 0.25) is 0 Å². The van der Waals surface area contributed by atoms with Crippen LogP contribution in [0.5, 0.6) is 11.5 Å². The summed E-state index contributed by atoms with van der Waals surface area (Å²) in [5.74, 6) is 1.29. The number of rotatable bonds is 12. The summed E-state index contributed by atoms with van der Waals surface area (Å²) in [6.07, 6.45) is 3.87. The van der Waals surface area contributed by atoms with Crippen molar-refractivity contribution in [3.05, 3.63) is 42.2 Å². The fourth-order valence-electron chi connectivity index (χ4n) is 3.50. The third-order valence-corrected chi connectivity index (χ3v) is 5.34. The predicted molar refractivity (Wildman–Crippen MR) is 131 cm³/mol. The third kappa shape index (κ3) is 8.04. The molecule has 1 aromatic carbocycles. The topological polar surface area (TPSA) is 76.0 Å². The van der Waals surface area contributed by atoms with Crippen LogP contribution in [0.25, 0.3) is 0 Å². The van der Waals surface area contributed by atoms with Gasteiger partial charge in [-0.25, -0.2) is 4.79 Å². The predicted octanol–water partition coefficient (Wildman–Crippen LogP) is 4.36. The number of urea groups is 1. The largest absolute Gasteiger partial charge is 0.497 e. The molecule has 0 radical (unpaired) electrons. The van der Waals surface area contributed by atoms with Gasteiger partial charge in [-0.1, -0.05) is 27.2 Å². The van der Waals surface area contributed by atoms with Crippen molar-refractivity contribution < 1.29 is 19.1 Å². The Morgan fingerprint density at radius 1 is 1.09 bits per heavy atom. The van der Waals surface area contributed by atoms with Crippen molar-refractivity contribution >= 4 is 17.6 Å². The summed E-state index contributed by atoms with van der Waals surface area (Å²) < 4.78 is 12.6. The molecule has 0 spiro atoms. The Morgan fingerprint density at radius 3 is 2.27 bits per heavy atom. The van der Waals surface area contributed by atoms with Crippen LogP contribution in [0.3, 0.4) is 0 Å². The highest BCUT2D eigenvalue weighted by Gasteiger charge is 2.23. The average Bonchev–Trinajstić information content (AvgIpc) is 3.19. The quantitative estimate of drug-likeness (QED) is 0.513. The van der Waals surface area contributed by atoms with Crippen LogP contribution in [-0.2, 0) is 18.4 Å². The summed E-state index contributed by atoms with van der Waals surface area (Å²) in [6.45, 7) is 7.81. The number of anilines is 1. The number of benzene rings is 1. The lowest BCUT2D eigenvalue weighted by atomic mass is 10.2. The van der Waals surface area contributed by atoms with Gasteiger partial charge in [0, 0.05) is 55.9 Å². The number of amides is 3. The van der Waals surface area contributed by atoms with E-state index < -0.39 is 0 Å². The Balaban J connectivity index is 2.17. The molecule has 3 amide bonds. The van der Waals surface area contributed by atoms with Crippen LogP contribution in [0.15, 0.2) is 36.5 Å². The summed E-state index contributed by atoms with van der Waals surface area (Å²) in [4.78, 5) is 29.9. The number of hydrogen-bond acceptors (Lipinski definition) is 4. The molecule has 1 heterocycles. The summed E-state index contributed by atoms with van der Waals surface area (Å²) in [6, 6.07) is 8.83. The van der Waals surface area contributed by atoms with E-state index in [1.807, 2.05) is 48.7 Å². The summed E-state index contributed by atoms with van der Waals surface area (Å²) in [7, 11) is 5.09. The fraction of sp³-hybridized carbons (Fsp3) is 0.520. The second-order valence-corrected chi connectivity index (χ2v) is 8.59. The molecule has 0 atom stereocenters. The molecule has 0 fully saturated rings. The maximum atomic E-state index is 13.3. The molecule has 0 bridgehead atoms. The van der Waals surface area contributed by atoms with Crippen molar-refractivity contribution in [1.82, 2.24) is 14.4 Å². The van der Waals surface area contributed by atoms with Crippen LogP contribution in [0.4, 0.5) is 10.5 Å². The monoisotopic (exact) mass is 458 g/mol. The second kappa shape index (κ2) is 12.8. The van der Waals surface area contributed by atoms with Gasteiger partial charge in [-0.05, 0) is 24.5 Å². The molecule has 1 aromatic heterocycles. The first-order valence-electron chi connectivity index (χ1n) is 11.4. The highest BCUT2D eigenvalue weighted by Crippen LogP contribution is 2.26. The highest BCUT2D eigenvalue weighted by molar-refractivity contribution is 5.92. The van der Waals surface area contributed by atoms with E-state index >= 15 is 0 Å². The zero-order chi connectivity index (χ0) is 24.4. The minimum absolute atomic E-state index is 0.0131. The first-order chi connectivity index (χ1) is 15.8. The highest BCUT2D eigenvalue weighted by atomic mass is 16.5. The average molecular weight is 459 g/mol. The number of aryl methyl sites for hydroxylation is 1. The van der Waals surface area contributed by atoms with Gasteiger partial charge in [0.2, 0.25) is 5.91 Å². The number of methoxy groups -OCH3 is 2. The Kier molecular flexibility index (Phi) is 10.1. The molecule has 0 saturated heterocycles. The Labute approximate surface area is 197 Å². The zero-order valence-corrected chi connectivity index (χ0v) is 20.8. The first kappa shape index (κ1) is 26.1. The number of ether oxygens (including phenoxy) is 2. The molecule has 8 heteroatoms. The van der Waals surface area contributed by atoms with Crippen molar-refractivity contribution in [2.24, 2.45) is 13.0 Å². The Morgan fingerprint density at radius 2 is 1.76 bits per heavy atom. The van der Waals surface area contributed by atoms with E-state index in [1.54, 1.807) is 37.3 Å². The number of nitrogens with zero attached hydrogens (tertiary/aromatic N) is 3. The van der Waals surface area contributed by atoms with Gasteiger partial charge in [0.1, 0.15) is 18.0 Å². The normalized spacial score (nSPS) is 10.8. The van der Waals surface area contributed by atoms with Gasteiger partial charge in [-0.15, -0.1) is 0 Å². The van der Waals surface area contributed by atoms with Crippen molar-refractivity contribution in [3.8, 4) is 11.5 Å². The van der Waals surface area contributed by atoms with Crippen LogP contribution in [0.1, 0.15) is 39.3 Å². The number of unbranched alkanes of at least 4 members (excludes halogenated alkanes) is 1. The molecule has 0 unspecified atom stereocenters. The van der Waals surface area contributed by atoms with Crippen LogP contribution in [0, 0.1) is 5.92 Å². The SMILES string of the molecule is CCCCN(Cc1cccn1C)C(=O)CN(CC(C)C)C(=O)Nc1cc(OC)cc(OC)c1. The number of aromatic nitrogens is 1. The van der Waals surface area contributed by atoms with Crippen molar-refractivity contribution in [2.45, 2.75) is 40.2 Å². The zero-order valence-electron chi connectivity index (χ0n) is 20.8. The standard InChI is InChI=1S/C25H38N4O4/c1-7-8-12-28(17-21-10-9-11-27(21)4)24(30)18-29(16-19(2)3)25(31)26-20-13-22(32-5)15-23(14-20)33-6/h9-11,13-15,19H,7-8,12,16-18H2,1-6H3,(H,26,31). The minimum atomic E-state index is -0.332. The first-order valence-corrected chi connectivity index (χ1v) is 11.4. The van der Waals surface area contributed by atoms with Crippen molar-refractivity contribution in [3.63, 3.8) is 0 Å². The number of hydrogen-bond donors (Lipinski definition) is 1. The molecular weight excluding hydrogens is 420 g/mol. The number of carbonyl (C=O) groups is 2. The Hall–Kier alpha value is -3.16. The molecule has 2 rings (SSSR count). The van der Waals surface area contributed by atoms with E-state index in [-0.39, 0.29) is 24.4 Å². The van der Waals surface area contributed by atoms with E-state index in [9.17, 15) is 9.59 Å². The summed E-state index contributed by atoms with van der Waals surface area (Å²) in [5, 5.41) is 2.89. The fourth-order valence-corrected chi connectivity index (χ4v) is 3.50. The number of nitrogens with one attached hydrogen (secondary N) is 1. The van der Waals surface area contributed by atoms with Gasteiger partial charge >= 0.3 is 6.03 Å². The van der Waals surface area contributed by atoms with E-state index in [2.05, 4.69) is 12.2 Å². The van der Waals surface area contributed by atoms with E-state index in [0.717, 1.165) is 18.5 Å². The van der Waals surface area contributed by atoms with E-state index in [1.165, 1.54) is 0 Å². The lowest BCUT2D eigenvalue weighted by Gasteiger charge is -2.29. The van der Waals surface area contributed by atoms with Crippen LogP contribution < -0.4 is 14.8 Å². The maximum Gasteiger partial charge on any atom is 0.322 e.